The number of ether oxygens (including phenoxy) is 1. The van der Waals surface area contributed by atoms with Crippen molar-refractivity contribution >= 4 is 5.78 Å². The Balaban J connectivity index is 1.73. The number of methoxy groups -OCH3 is 1. The number of hydrogen-bond donors (Lipinski definition) is 0. The van der Waals surface area contributed by atoms with Crippen molar-refractivity contribution in [3.05, 3.63) is 42.0 Å². The van der Waals surface area contributed by atoms with E-state index in [4.69, 9.17) is 4.74 Å². The van der Waals surface area contributed by atoms with Crippen molar-refractivity contribution in [2.75, 3.05) is 7.11 Å². The van der Waals surface area contributed by atoms with Crippen molar-refractivity contribution in [3.63, 3.8) is 0 Å². The van der Waals surface area contributed by atoms with Crippen LogP contribution in [0.4, 0.5) is 0 Å². The fourth-order valence-electron chi connectivity index (χ4n) is 6.65. The molecule has 0 saturated heterocycles. The van der Waals surface area contributed by atoms with Crippen molar-refractivity contribution in [1.82, 2.24) is 0 Å². The molecule has 0 N–H and O–H groups in total. The van der Waals surface area contributed by atoms with Crippen molar-refractivity contribution in [2.24, 2.45) is 29.1 Å². The van der Waals surface area contributed by atoms with Crippen LogP contribution in [0.2, 0.25) is 0 Å². The number of benzene rings is 1. The molecule has 140 valence electrons. The first-order valence-electron chi connectivity index (χ1n) is 10.4. The number of allylic oxidation sites excluding steroid dienone is 1. The molecule has 0 aromatic heterocycles. The van der Waals surface area contributed by atoms with E-state index in [1.54, 1.807) is 7.11 Å². The predicted molar refractivity (Wildman–Crippen MR) is 105 cm³/mol. The molecule has 0 radical (unpaired) electrons. The van der Waals surface area contributed by atoms with Gasteiger partial charge in [-0.1, -0.05) is 32.4 Å². The molecule has 6 atom stereocenters. The quantitative estimate of drug-likeness (QED) is 0.663. The Morgan fingerprint density at radius 1 is 1.38 bits per heavy atom. The highest BCUT2D eigenvalue weighted by molar-refractivity contribution is 5.89. The van der Waals surface area contributed by atoms with E-state index in [0.717, 1.165) is 37.9 Å². The summed E-state index contributed by atoms with van der Waals surface area (Å²) in [7, 11) is 1.75. The molecular weight excluding hydrogens is 320 g/mol. The van der Waals surface area contributed by atoms with E-state index < -0.39 is 0 Å². The second kappa shape index (κ2) is 6.55. The van der Waals surface area contributed by atoms with Gasteiger partial charge in [0.05, 0.1) is 7.11 Å². The van der Waals surface area contributed by atoms with Crippen LogP contribution < -0.4 is 4.74 Å². The number of rotatable bonds is 4. The van der Waals surface area contributed by atoms with Gasteiger partial charge in [-0.2, -0.15) is 0 Å². The van der Waals surface area contributed by atoms with Gasteiger partial charge in [0.25, 0.3) is 0 Å². The third-order valence-corrected chi connectivity index (χ3v) is 7.95. The second-order valence-electron chi connectivity index (χ2n) is 9.00. The third-order valence-electron chi connectivity index (χ3n) is 7.95. The van der Waals surface area contributed by atoms with Crippen molar-refractivity contribution in [2.45, 2.75) is 58.3 Å². The fourth-order valence-corrected chi connectivity index (χ4v) is 6.65. The molecule has 3 aliphatic carbocycles. The lowest BCUT2D eigenvalue weighted by Gasteiger charge is -2.51. The van der Waals surface area contributed by atoms with E-state index >= 15 is 0 Å². The zero-order chi connectivity index (χ0) is 18.5. The standard InChI is InChI=1S/C24H32O2/c1-5-7-16-14-21-22-15(6-2)12-17-13-18(26-4)8-9-19(17)20(22)10-11-24(21,3)23(16)25/h5,8-9,13,15-16,20-22H,1,6-7,10-12,14H2,2-4H3/t15?,16?,20-,21+,22-,24+/m1/s1. The molecular formula is C24H32O2. The van der Waals surface area contributed by atoms with E-state index in [9.17, 15) is 4.79 Å². The highest BCUT2D eigenvalue weighted by Gasteiger charge is 2.59. The summed E-state index contributed by atoms with van der Waals surface area (Å²) in [6.45, 7) is 8.50. The maximum absolute atomic E-state index is 13.2. The minimum Gasteiger partial charge on any atom is -0.497 e. The minimum atomic E-state index is -0.105. The van der Waals surface area contributed by atoms with Gasteiger partial charge < -0.3 is 4.74 Å². The lowest BCUT2D eigenvalue weighted by atomic mass is 9.52. The van der Waals surface area contributed by atoms with Crippen LogP contribution in [0.25, 0.3) is 0 Å². The number of Topliss-reactive ketones (excluding diaryl/α,β-unsaturated/α-hetero) is 1. The first-order chi connectivity index (χ1) is 12.5. The topological polar surface area (TPSA) is 26.3 Å². The monoisotopic (exact) mass is 352 g/mol. The average Bonchev–Trinajstić information content (AvgIpc) is 2.91. The highest BCUT2D eigenvalue weighted by Crippen LogP contribution is 2.62. The van der Waals surface area contributed by atoms with Crippen molar-refractivity contribution in [3.8, 4) is 5.75 Å². The lowest BCUT2D eigenvalue weighted by molar-refractivity contribution is -0.132. The average molecular weight is 353 g/mol. The number of carbonyl (C=O) groups excluding carboxylic acids is 1. The molecule has 2 saturated carbocycles. The Hall–Kier alpha value is -1.57. The summed E-state index contributed by atoms with van der Waals surface area (Å²) in [5.41, 5.74) is 2.90. The Bertz CT molecular complexity index is 721. The van der Waals surface area contributed by atoms with E-state index in [-0.39, 0.29) is 11.3 Å². The largest absolute Gasteiger partial charge is 0.497 e. The van der Waals surface area contributed by atoms with Crippen LogP contribution in [0.1, 0.15) is 63.0 Å². The van der Waals surface area contributed by atoms with Gasteiger partial charge in [0, 0.05) is 11.3 Å². The summed E-state index contributed by atoms with van der Waals surface area (Å²) in [5.74, 6) is 4.19. The molecule has 4 rings (SSSR count). The number of hydrogen-bond acceptors (Lipinski definition) is 2. The first-order valence-corrected chi connectivity index (χ1v) is 10.4. The molecule has 0 aliphatic heterocycles. The summed E-state index contributed by atoms with van der Waals surface area (Å²) in [6, 6.07) is 6.68. The summed E-state index contributed by atoms with van der Waals surface area (Å²) in [5, 5.41) is 0. The Morgan fingerprint density at radius 2 is 2.19 bits per heavy atom. The summed E-state index contributed by atoms with van der Waals surface area (Å²) < 4.78 is 5.47. The van der Waals surface area contributed by atoms with Crippen LogP contribution >= 0.6 is 0 Å². The molecule has 26 heavy (non-hydrogen) atoms. The van der Waals surface area contributed by atoms with Gasteiger partial charge in [-0.3, -0.25) is 4.79 Å². The fraction of sp³-hybridized carbons (Fsp3) is 0.625. The van der Waals surface area contributed by atoms with E-state index in [1.807, 2.05) is 6.08 Å². The molecule has 2 heteroatoms. The Kier molecular flexibility index (Phi) is 4.49. The lowest BCUT2D eigenvalue weighted by Crippen LogP contribution is -2.46. The number of carbonyl (C=O) groups is 1. The maximum Gasteiger partial charge on any atom is 0.142 e. The molecule has 1 aromatic rings. The SMILES string of the molecule is C=CCC1C[C@H]2[C@@H]3C(CC)Cc4cc(OC)ccc4[C@H]3CC[C@]2(C)C1=O. The molecule has 2 fully saturated rings. The van der Waals surface area contributed by atoms with E-state index in [2.05, 4.69) is 38.6 Å². The van der Waals surface area contributed by atoms with Gasteiger partial charge in [-0.25, -0.2) is 0 Å². The van der Waals surface area contributed by atoms with Gasteiger partial charge in [0.15, 0.2) is 0 Å². The molecule has 0 bridgehead atoms. The van der Waals surface area contributed by atoms with E-state index in [0.29, 0.717) is 29.5 Å². The Labute approximate surface area is 158 Å². The predicted octanol–water partition coefficient (Wildman–Crippen LogP) is 5.56. The maximum atomic E-state index is 13.2. The highest BCUT2D eigenvalue weighted by atomic mass is 16.5. The first kappa shape index (κ1) is 17.8. The van der Waals surface area contributed by atoms with Gasteiger partial charge in [0.2, 0.25) is 0 Å². The van der Waals surface area contributed by atoms with Gasteiger partial charge in [-0.15, -0.1) is 6.58 Å². The van der Waals surface area contributed by atoms with Gasteiger partial charge >= 0.3 is 0 Å². The number of ketones is 1. The molecule has 2 unspecified atom stereocenters. The van der Waals surface area contributed by atoms with Gasteiger partial charge in [0.1, 0.15) is 11.5 Å². The molecule has 3 aliphatic rings. The van der Waals surface area contributed by atoms with Crippen molar-refractivity contribution < 1.29 is 9.53 Å². The van der Waals surface area contributed by atoms with Crippen LogP contribution in [-0.4, -0.2) is 12.9 Å². The van der Waals surface area contributed by atoms with E-state index in [1.165, 1.54) is 17.5 Å². The van der Waals surface area contributed by atoms with Crippen LogP contribution in [0, 0.1) is 29.1 Å². The molecule has 2 nitrogen and oxygen atoms in total. The van der Waals surface area contributed by atoms with Gasteiger partial charge in [-0.05, 0) is 79.0 Å². The molecule has 0 heterocycles. The zero-order valence-electron chi connectivity index (χ0n) is 16.5. The number of fused-ring (bicyclic) bond motifs is 5. The summed E-state index contributed by atoms with van der Waals surface area (Å²) >= 11 is 0. The van der Waals surface area contributed by atoms with Crippen LogP contribution in [0.15, 0.2) is 30.9 Å². The van der Waals surface area contributed by atoms with Crippen LogP contribution in [0.3, 0.4) is 0 Å². The van der Waals surface area contributed by atoms with Crippen LogP contribution in [-0.2, 0) is 11.2 Å². The second-order valence-corrected chi connectivity index (χ2v) is 9.00. The minimum absolute atomic E-state index is 0.105. The third kappa shape index (κ3) is 2.48. The molecule has 1 aromatic carbocycles. The normalized spacial score (nSPS) is 38.3. The Morgan fingerprint density at radius 3 is 2.88 bits per heavy atom. The summed E-state index contributed by atoms with van der Waals surface area (Å²) in [4.78, 5) is 13.2. The van der Waals surface area contributed by atoms with Crippen molar-refractivity contribution in [1.29, 1.82) is 0 Å². The smallest absolute Gasteiger partial charge is 0.142 e. The molecule has 0 spiro atoms. The molecule has 0 amide bonds. The summed E-state index contributed by atoms with van der Waals surface area (Å²) in [6.07, 6.45) is 8.41. The van der Waals surface area contributed by atoms with Crippen LogP contribution in [0.5, 0.6) is 5.75 Å². The zero-order valence-corrected chi connectivity index (χ0v) is 16.5.